The summed E-state index contributed by atoms with van der Waals surface area (Å²) in [7, 11) is -1.95. The molecule has 0 aliphatic carbocycles. The van der Waals surface area contributed by atoms with Gasteiger partial charge in [0.1, 0.15) is 18.9 Å². The fraction of sp³-hybridized carbons (Fsp3) is 0.500. The lowest BCUT2D eigenvalue weighted by atomic mass is 10.3. The molecule has 0 aromatic carbocycles. The highest BCUT2D eigenvalue weighted by atomic mass is 16.7. The first-order valence-corrected chi connectivity index (χ1v) is 2.59. The van der Waals surface area contributed by atoms with Gasteiger partial charge >= 0.3 is 7.32 Å². The Labute approximate surface area is 63.4 Å². The lowest BCUT2D eigenvalue weighted by molar-refractivity contribution is -0.0173. The van der Waals surface area contributed by atoms with Crippen molar-refractivity contribution in [2.75, 3.05) is 6.79 Å². The first-order valence-electron chi connectivity index (χ1n) is 2.59. The smallest absolute Gasteiger partial charge is 0.402 e. The molecule has 0 saturated carbocycles. The van der Waals surface area contributed by atoms with Crippen LogP contribution in [0.5, 0.6) is 0 Å². The maximum atomic E-state index is 8.11. The zero-order valence-electron chi connectivity index (χ0n) is 5.47. The Morgan fingerprint density at radius 1 is 1.36 bits per heavy atom. The molecule has 58 valence electrons. The molecule has 6 nitrogen and oxygen atoms in total. The number of ether oxygens (including phenoxy) is 1. The van der Waals surface area contributed by atoms with Crippen molar-refractivity contribution in [3.63, 3.8) is 0 Å². The molecule has 0 radical (unpaired) electrons. The quantitative estimate of drug-likeness (QED) is 0.373. The van der Waals surface area contributed by atoms with Gasteiger partial charge < -0.3 is 19.4 Å². The van der Waals surface area contributed by atoms with Gasteiger partial charge in [0.05, 0.1) is 0 Å². The minimum absolute atomic E-state index is 0.510. The number of hydrogen-bond acceptors (Lipinski definition) is 6. The Kier molecular flexibility index (Phi) is 5.08. The van der Waals surface area contributed by atoms with Gasteiger partial charge in [0.2, 0.25) is 6.10 Å². The van der Waals surface area contributed by atoms with E-state index in [0.29, 0.717) is 0 Å². The van der Waals surface area contributed by atoms with Crippen molar-refractivity contribution in [2.45, 2.75) is 6.10 Å². The van der Waals surface area contributed by atoms with Crippen LogP contribution >= 0.6 is 0 Å². The molecule has 7 heteroatoms. The topological polar surface area (TPSA) is 107 Å². The van der Waals surface area contributed by atoms with E-state index in [-0.39, 0.29) is 0 Å². The average Bonchev–Trinajstić information content (AvgIpc) is 1.98. The summed E-state index contributed by atoms with van der Waals surface area (Å²) in [6.45, 7) is -0.510. The van der Waals surface area contributed by atoms with Gasteiger partial charge in [-0.2, -0.15) is 10.5 Å². The molecule has 0 heterocycles. The lowest BCUT2D eigenvalue weighted by Crippen LogP contribution is -2.21. The van der Waals surface area contributed by atoms with Crippen LogP contribution in [0.3, 0.4) is 0 Å². The van der Waals surface area contributed by atoms with Gasteiger partial charge in [-0.15, -0.1) is 0 Å². The molecule has 0 rings (SSSR count). The Morgan fingerprint density at radius 2 is 1.91 bits per heavy atom. The molecule has 0 aliphatic heterocycles. The van der Waals surface area contributed by atoms with Crippen LogP contribution in [-0.4, -0.2) is 30.3 Å². The highest BCUT2D eigenvalue weighted by molar-refractivity contribution is 6.32. The van der Waals surface area contributed by atoms with Crippen molar-refractivity contribution in [3.8, 4) is 12.1 Å². The van der Waals surface area contributed by atoms with Crippen molar-refractivity contribution in [3.05, 3.63) is 0 Å². The monoisotopic (exact) mass is 156 g/mol. The molecule has 0 saturated heterocycles. The molecule has 0 bridgehead atoms. The molecule has 0 aromatic rings. The fourth-order valence-electron chi connectivity index (χ4n) is 0.272. The van der Waals surface area contributed by atoms with Crippen LogP contribution in [0.15, 0.2) is 0 Å². The standard InChI is InChI=1S/C4H5BN2O4/c6-1-4(2-7)10-3-11-5(8)9/h4,8-9H,3H2. The summed E-state index contributed by atoms with van der Waals surface area (Å²) < 4.78 is 8.45. The molecule has 0 spiro atoms. The molecule has 0 unspecified atom stereocenters. The number of nitriles is 2. The molecule has 11 heavy (non-hydrogen) atoms. The van der Waals surface area contributed by atoms with Crippen LogP contribution in [0.2, 0.25) is 0 Å². The summed E-state index contributed by atoms with van der Waals surface area (Å²) in [6.07, 6.45) is -1.24. The largest absolute Gasteiger partial charge is 0.635 e. The highest BCUT2D eigenvalue weighted by Crippen LogP contribution is 1.88. The minimum Gasteiger partial charge on any atom is -0.402 e. The first-order chi connectivity index (χ1) is 5.20. The Bertz CT molecular complexity index is 170. The molecule has 2 N–H and O–H groups in total. The number of nitrogens with zero attached hydrogens (tertiary/aromatic N) is 2. The predicted octanol–water partition coefficient (Wildman–Crippen LogP) is -1.64. The summed E-state index contributed by atoms with van der Waals surface area (Å²) in [5.74, 6) is 0. The molecular formula is C4H5BN2O4. The van der Waals surface area contributed by atoms with E-state index in [4.69, 9.17) is 20.6 Å². The van der Waals surface area contributed by atoms with Crippen molar-refractivity contribution in [1.29, 1.82) is 10.5 Å². The normalized spacial score (nSPS) is 8.82. The van der Waals surface area contributed by atoms with Crippen molar-refractivity contribution < 1.29 is 19.4 Å². The second-order valence-corrected chi connectivity index (χ2v) is 1.42. The molecule has 0 amide bonds. The van der Waals surface area contributed by atoms with Gasteiger partial charge in [-0.3, -0.25) is 0 Å². The third-order valence-corrected chi connectivity index (χ3v) is 0.686. The van der Waals surface area contributed by atoms with Crippen LogP contribution in [0, 0.1) is 22.7 Å². The van der Waals surface area contributed by atoms with Crippen LogP contribution in [-0.2, 0) is 9.39 Å². The van der Waals surface area contributed by atoms with Crippen LogP contribution in [0.1, 0.15) is 0 Å². The Hall–Kier alpha value is -1.12. The van der Waals surface area contributed by atoms with Crippen LogP contribution in [0.4, 0.5) is 0 Å². The second-order valence-electron chi connectivity index (χ2n) is 1.42. The van der Waals surface area contributed by atoms with E-state index < -0.39 is 20.2 Å². The van der Waals surface area contributed by atoms with Gasteiger partial charge in [-0.1, -0.05) is 0 Å². The predicted molar refractivity (Wildman–Crippen MR) is 32.2 cm³/mol. The molecule has 0 atom stereocenters. The van der Waals surface area contributed by atoms with E-state index in [0.717, 1.165) is 0 Å². The van der Waals surface area contributed by atoms with E-state index in [1.807, 2.05) is 0 Å². The number of hydrogen-bond donors (Lipinski definition) is 2. The van der Waals surface area contributed by atoms with Gasteiger partial charge in [-0.25, -0.2) is 0 Å². The zero-order valence-corrected chi connectivity index (χ0v) is 5.47. The third-order valence-electron chi connectivity index (χ3n) is 0.686. The first kappa shape index (κ1) is 9.88. The van der Waals surface area contributed by atoms with Crippen molar-refractivity contribution in [2.24, 2.45) is 0 Å². The van der Waals surface area contributed by atoms with Gasteiger partial charge in [-0.05, 0) is 0 Å². The lowest BCUT2D eigenvalue weighted by Gasteiger charge is -2.02. The summed E-state index contributed by atoms with van der Waals surface area (Å²) in [5, 5.41) is 32.4. The van der Waals surface area contributed by atoms with Gasteiger partial charge in [0.25, 0.3) is 0 Å². The van der Waals surface area contributed by atoms with Crippen molar-refractivity contribution >= 4 is 7.32 Å². The molecular weight excluding hydrogens is 151 g/mol. The van der Waals surface area contributed by atoms with E-state index in [1.165, 1.54) is 12.1 Å². The van der Waals surface area contributed by atoms with Crippen LogP contribution < -0.4 is 0 Å². The summed E-state index contributed by atoms with van der Waals surface area (Å²) in [6, 6.07) is 3.00. The maximum absolute atomic E-state index is 8.11. The molecule has 0 aromatic heterocycles. The summed E-state index contributed by atoms with van der Waals surface area (Å²) in [4.78, 5) is 0. The third kappa shape index (κ3) is 5.34. The van der Waals surface area contributed by atoms with Gasteiger partial charge in [0, 0.05) is 0 Å². The SMILES string of the molecule is N#CC(C#N)OCOB(O)O. The summed E-state index contributed by atoms with van der Waals surface area (Å²) >= 11 is 0. The summed E-state index contributed by atoms with van der Waals surface area (Å²) in [5.41, 5.74) is 0. The highest BCUT2D eigenvalue weighted by Gasteiger charge is 2.10. The van der Waals surface area contributed by atoms with Crippen LogP contribution in [0.25, 0.3) is 0 Å². The Balaban J connectivity index is 3.40. The van der Waals surface area contributed by atoms with E-state index in [1.54, 1.807) is 0 Å². The van der Waals surface area contributed by atoms with Gasteiger partial charge in [0.15, 0.2) is 0 Å². The molecule has 0 fully saturated rings. The fourth-order valence-corrected chi connectivity index (χ4v) is 0.272. The van der Waals surface area contributed by atoms with Crippen molar-refractivity contribution in [1.82, 2.24) is 0 Å². The minimum atomic E-state index is -1.95. The maximum Gasteiger partial charge on any atom is 0.635 e. The van der Waals surface area contributed by atoms with E-state index >= 15 is 0 Å². The second kappa shape index (κ2) is 5.65. The molecule has 0 aliphatic rings. The Morgan fingerprint density at radius 3 is 2.27 bits per heavy atom. The van der Waals surface area contributed by atoms with E-state index in [2.05, 4.69) is 9.39 Å². The number of rotatable bonds is 4. The average molecular weight is 156 g/mol. The van der Waals surface area contributed by atoms with E-state index in [9.17, 15) is 0 Å². The zero-order chi connectivity index (χ0) is 8.69.